The summed E-state index contributed by atoms with van der Waals surface area (Å²) < 4.78 is 0.901. The first kappa shape index (κ1) is 12.2. The number of hydrogen-bond acceptors (Lipinski definition) is 1. The summed E-state index contributed by atoms with van der Waals surface area (Å²) in [5.41, 5.74) is 1.39. The van der Waals surface area contributed by atoms with Crippen molar-refractivity contribution >= 4 is 0 Å². The van der Waals surface area contributed by atoms with Crippen molar-refractivity contribution in [3.05, 3.63) is 11.8 Å². The van der Waals surface area contributed by atoms with E-state index in [1.807, 2.05) is 0 Å². The maximum absolute atomic E-state index is 8.34. The number of quaternary nitrogens is 1. The second kappa shape index (κ2) is 5.77. The van der Waals surface area contributed by atoms with Crippen molar-refractivity contribution in [1.82, 2.24) is 0 Å². The molecule has 0 heterocycles. The fraction of sp³-hybridized carbons (Fsp3) is 0.727. The minimum atomic E-state index is 0.692. The molecule has 74 valence electrons. The molecule has 0 spiro atoms. The van der Waals surface area contributed by atoms with Crippen molar-refractivity contribution < 1.29 is 4.48 Å². The third-order valence-electron chi connectivity index (χ3n) is 2.24. The average Bonchev–Trinajstić information content (AvgIpc) is 2.02. The normalized spacial score (nSPS) is 12.7. The lowest BCUT2D eigenvalue weighted by Gasteiger charge is -2.24. The minimum Gasteiger partial charge on any atom is -0.303 e. The molecule has 0 rings (SSSR count). The third-order valence-corrected chi connectivity index (χ3v) is 2.24. The molecule has 0 atom stereocenters. The summed E-state index contributed by atoms with van der Waals surface area (Å²) in [7, 11) is 6.50. The van der Waals surface area contributed by atoms with Crippen LogP contribution in [0.2, 0.25) is 0 Å². The summed E-state index contributed by atoms with van der Waals surface area (Å²) in [5, 5.41) is 8.34. The summed E-state index contributed by atoms with van der Waals surface area (Å²) in [6.07, 6.45) is 6.22. The van der Waals surface area contributed by atoms with Crippen molar-refractivity contribution in [1.29, 1.82) is 5.26 Å². The lowest BCUT2D eigenvalue weighted by Crippen LogP contribution is -2.31. The Bertz CT molecular complexity index is 203. The van der Waals surface area contributed by atoms with Crippen molar-refractivity contribution in [2.24, 2.45) is 0 Å². The average molecular weight is 181 g/mol. The standard InChI is InChI=1S/C11H21N2/c1-11(13(2,3)4)9-7-5-6-8-10-12/h9H,5-8H2,1-4H3/q+1. The van der Waals surface area contributed by atoms with E-state index in [2.05, 4.69) is 40.2 Å². The van der Waals surface area contributed by atoms with Crippen LogP contribution in [0.25, 0.3) is 0 Å². The van der Waals surface area contributed by atoms with Gasteiger partial charge in [0.25, 0.3) is 0 Å². The second-order valence-corrected chi connectivity index (χ2v) is 4.26. The number of allylic oxidation sites excluding steroid dienone is 2. The largest absolute Gasteiger partial charge is 0.303 e. The van der Waals surface area contributed by atoms with Gasteiger partial charge in [-0.25, -0.2) is 0 Å². The number of hydrogen-bond donors (Lipinski definition) is 0. The summed E-state index contributed by atoms with van der Waals surface area (Å²) in [5.74, 6) is 0. The highest BCUT2D eigenvalue weighted by molar-refractivity contribution is 4.88. The first-order chi connectivity index (χ1) is 5.98. The van der Waals surface area contributed by atoms with Crippen LogP contribution in [0.1, 0.15) is 32.6 Å². The molecule has 2 heteroatoms. The van der Waals surface area contributed by atoms with Gasteiger partial charge in [0.05, 0.1) is 27.2 Å². The molecule has 0 unspecified atom stereocenters. The predicted molar refractivity (Wildman–Crippen MR) is 55.9 cm³/mol. The summed E-state index contributed by atoms with van der Waals surface area (Å²) in [6, 6.07) is 2.16. The third kappa shape index (κ3) is 6.36. The Kier molecular flexibility index (Phi) is 5.41. The molecule has 0 aliphatic rings. The topological polar surface area (TPSA) is 23.8 Å². The lowest BCUT2D eigenvalue weighted by atomic mass is 10.2. The van der Waals surface area contributed by atoms with Gasteiger partial charge in [0.1, 0.15) is 5.70 Å². The van der Waals surface area contributed by atoms with Gasteiger partial charge in [-0.15, -0.1) is 0 Å². The fourth-order valence-corrected chi connectivity index (χ4v) is 0.933. The minimum absolute atomic E-state index is 0.692. The monoisotopic (exact) mass is 181 g/mol. The van der Waals surface area contributed by atoms with E-state index >= 15 is 0 Å². The van der Waals surface area contributed by atoms with Crippen LogP contribution in [0.4, 0.5) is 0 Å². The molecule has 0 saturated carbocycles. The second-order valence-electron chi connectivity index (χ2n) is 4.26. The van der Waals surface area contributed by atoms with E-state index in [-0.39, 0.29) is 0 Å². The van der Waals surface area contributed by atoms with E-state index in [1.54, 1.807) is 0 Å². The van der Waals surface area contributed by atoms with Crippen LogP contribution >= 0.6 is 0 Å². The van der Waals surface area contributed by atoms with Crippen molar-refractivity contribution in [3.8, 4) is 6.07 Å². The Balaban J connectivity index is 3.68. The van der Waals surface area contributed by atoms with E-state index < -0.39 is 0 Å². The Morgan fingerprint density at radius 2 is 1.92 bits per heavy atom. The van der Waals surface area contributed by atoms with Gasteiger partial charge in [0, 0.05) is 13.3 Å². The number of nitriles is 1. The summed E-state index contributed by atoms with van der Waals surface area (Å²) in [6.45, 7) is 2.16. The number of unbranched alkanes of at least 4 members (excludes halogenated alkanes) is 3. The Hall–Kier alpha value is -0.810. The molecule has 0 aromatic carbocycles. The highest BCUT2D eigenvalue weighted by Gasteiger charge is 2.08. The quantitative estimate of drug-likeness (QED) is 0.472. The van der Waals surface area contributed by atoms with E-state index in [9.17, 15) is 0 Å². The lowest BCUT2D eigenvalue weighted by molar-refractivity contribution is -0.831. The maximum Gasteiger partial charge on any atom is 0.101 e. The smallest absolute Gasteiger partial charge is 0.101 e. The zero-order valence-electron chi connectivity index (χ0n) is 9.30. The van der Waals surface area contributed by atoms with Crippen LogP contribution in [0, 0.1) is 11.3 Å². The van der Waals surface area contributed by atoms with Gasteiger partial charge in [0.15, 0.2) is 0 Å². The van der Waals surface area contributed by atoms with E-state index in [0.29, 0.717) is 6.42 Å². The van der Waals surface area contributed by atoms with Gasteiger partial charge < -0.3 is 4.48 Å². The molecule has 2 nitrogen and oxygen atoms in total. The van der Waals surface area contributed by atoms with Crippen molar-refractivity contribution in [3.63, 3.8) is 0 Å². The molecule has 0 aromatic heterocycles. The molecule has 0 radical (unpaired) electrons. The van der Waals surface area contributed by atoms with Gasteiger partial charge in [-0.2, -0.15) is 5.26 Å². The van der Waals surface area contributed by atoms with Crippen LogP contribution in [0.3, 0.4) is 0 Å². The van der Waals surface area contributed by atoms with Gasteiger partial charge in [0.2, 0.25) is 0 Å². The molecular formula is C11H21N2+. The van der Waals surface area contributed by atoms with Crippen molar-refractivity contribution in [2.75, 3.05) is 21.1 Å². The molecule has 0 bridgehead atoms. The molecular weight excluding hydrogens is 160 g/mol. The van der Waals surface area contributed by atoms with E-state index in [4.69, 9.17) is 5.26 Å². The first-order valence-electron chi connectivity index (χ1n) is 4.84. The molecule has 13 heavy (non-hydrogen) atoms. The molecule has 0 aromatic rings. The van der Waals surface area contributed by atoms with E-state index in [1.165, 1.54) is 5.70 Å². The Morgan fingerprint density at radius 3 is 2.38 bits per heavy atom. The van der Waals surface area contributed by atoms with Crippen LogP contribution < -0.4 is 0 Å². The van der Waals surface area contributed by atoms with E-state index in [0.717, 1.165) is 23.7 Å². The molecule has 0 N–H and O–H groups in total. The summed E-state index contributed by atoms with van der Waals surface area (Å²) >= 11 is 0. The molecule has 0 saturated heterocycles. The van der Waals surface area contributed by atoms with Crippen LogP contribution in [-0.4, -0.2) is 25.6 Å². The Morgan fingerprint density at radius 1 is 1.31 bits per heavy atom. The highest BCUT2D eigenvalue weighted by atomic mass is 15.3. The van der Waals surface area contributed by atoms with Crippen LogP contribution in [0.5, 0.6) is 0 Å². The summed E-state index contributed by atoms with van der Waals surface area (Å²) in [4.78, 5) is 0. The van der Waals surface area contributed by atoms with Gasteiger partial charge in [-0.1, -0.05) is 0 Å². The maximum atomic E-state index is 8.34. The molecule has 0 aliphatic heterocycles. The zero-order valence-corrected chi connectivity index (χ0v) is 9.30. The van der Waals surface area contributed by atoms with Gasteiger partial charge in [-0.3, -0.25) is 0 Å². The predicted octanol–water partition coefficient (Wildman–Crippen LogP) is 2.68. The van der Waals surface area contributed by atoms with Crippen molar-refractivity contribution in [2.45, 2.75) is 32.6 Å². The molecule has 0 aliphatic carbocycles. The SMILES string of the molecule is CC(=CCCCCC#N)[N+](C)(C)C. The number of rotatable bonds is 5. The first-order valence-corrected chi connectivity index (χ1v) is 4.84. The van der Waals surface area contributed by atoms with Gasteiger partial charge >= 0.3 is 0 Å². The fourth-order valence-electron chi connectivity index (χ4n) is 0.933. The molecule has 0 fully saturated rings. The number of nitrogens with zero attached hydrogens (tertiary/aromatic N) is 2. The zero-order chi connectivity index (χ0) is 10.3. The van der Waals surface area contributed by atoms with Crippen LogP contribution in [0.15, 0.2) is 11.8 Å². The Labute approximate surface area is 82.1 Å². The van der Waals surface area contributed by atoms with Gasteiger partial charge in [-0.05, 0) is 25.3 Å². The highest BCUT2D eigenvalue weighted by Crippen LogP contribution is 2.09. The van der Waals surface area contributed by atoms with Crippen LogP contribution in [-0.2, 0) is 0 Å². The molecule has 0 amide bonds.